The maximum Gasteiger partial charge on any atom is 0.271 e. The average Bonchev–Trinajstić information content (AvgIpc) is 2.77. The Morgan fingerprint density at radius 3 is 2.78 bits per heavy atom. The van der Waals surface area contributed by atoms with Gasteiger partial charge in [-0.25, -0.2) is 4.98 Å². The molecule has 0 atom stereocenters. The fourth-order valence-corrected chi connectivity index (χ4v) is 3.91. The Morgan fingerprint density at radius 1 is 1.39 bits per heavy atom. The van der Waals surface area contributed by atoms with Crippen LogP contribution in [0.3, 0.4) is 0 Å². The van der Waals surface area contributed by atoms with E-state index < -0.39 is 11.5 Å². The van der Waals surface area contributed by atoms with E-state index in [1.165, 1.54) is 21.9 Å². The lowest BCUT2D eigenvalue weighted by Gasteiger charge is -2.26. The first-order valence-corrected chi connectivity index (χ1v) is 8.85. The molecule has 0 spiro atoms. The molecule has 3 rings (SSSR count). The number of carbonyl (C=O) groups is 1. The van der Waals surface area contributed by atoms with E-state index >= 15 is 0 Å². The highest BCUT2D eigenvalue weighted by Crippen LogP contribution is 2.26. The maximum absolute atomic E-state index is 12.4. The molecule has 1 aliphatic rings. The minimum absolute atomic E-state index is 0.0150. The fraction of sp³-hybridized carbons (Fsp3) is 0.562. The molecule has 0 aromatic carbocycles. The molecular weight excluding hydrogens is 314 g/mol. The molecular formula is C16H21N3O3S. The Balaban J connectivity index is 1.77. The van der Waals surface area contributed by atoms with Gasteiger partial charge >= 0.3 is 0 Å². The zero-order valence-corrected chi connectivity index (χ0v) is 14.0. The summed E-state index contributed by atoms with van der Waals surface area (Å²) < 4.78 is 1.44. The average molecular weight is 335 g/mol. The van der Waals surface area contributed by atoms with Crippen molar-refractivity contribution in [3.05, 3.63) is 33.2 Å². The third-order valence-corrected chi connectivity index (χ3v) is 5.43. The summed E-state index contributed by atoms with van der Waals surface area (Å²) in [7, 11) is 0. The summed E-state index contributed by atoms with van der Waals surface area (Å²) in [5.74, 6) is -0.472. The normalized spacial score (nSPS) is 17.8. The van der Waals surface area contributed by atoms with Gasteiger partial charge in [-0.2, -0.15) is 0 Å². The topological polar surface area (TPSA) is 83.7 Å². The van der Waals surface area contributed by atoms with Crippen molar-refractivity contribution in [2.45, 2.75) is 51.0 Å². The van der Waals surface area contributed by atoms with Crippen LogP contribution in [0.1, 0.15) is 54.6 Å². The highest BCUT2D eigenvalue weighted by atomic mass is 32.1. The number of fused-ring (bicyclic) bond motifs is 1. The van der Waals surface area contributed by atoms with Crippen molar-refractivity contribution in [2.75, 3.05) is 6.54 Å². The van der Waals surface area contributed by atoms with Crippen molar-refractivity contribution in [3.63, 3.8) is 0 Å². The van der Waals surface area contributed by atoms with Gasteiger partial charge in [0.05, 0.1) is 5.60 Å². The van der Waals surface area contributed by atoms with E-state index in [1.807, 2.05) is 12.3 Å². The van der Waals surface area contributed by atoms with Gasteiger partial charge in [0.15, 0.2) is 4.96 Å². The lowest BCUT2D eigenvalue weighted by Crippen LogP contribution is -2.44. The molecule has 0 saturated heterocycles. The first kappa shape index (κ1) is 16.1. The number of nitrogens with zero attached hydrogens (tertiary/aromatic N) is 2. The number of rotatable bonds is 3. The van der Waals surface area contributed by atoms with Crippen LogP contribution >= 0.6 is 11.3 Å². The zero-order valence-electron chi connectivity index (χ0n) is 13.2. The third-order valence-electron chi connectivity index (χ3n) is 4.47. The number of nitrogens with one attached hydrogen (secondary N) is 1. The third kappa shape index (κ3) is 3.30. The summed E-state index contributed by atoms with van der Waals surface area (Å²) in [6.45, 7) is 1.99. The highest BCUT2D eigenvalue weighted by Gasteiger charge is 2.29. The van der Waals surface area contributed by atoms with Crippen molar-refractivity contribution >= 4 is 22.2 Å². The largest absolute Gasteiger partial charge is 0.388 e. The smallest absolute Gasteiger partial charge is 0.271 e. The Morgan fingerprint density at radius 2 is 2.09 bits per heavy atom. The van der Waals surface area contributed by atoms with Crippen molar-refractivity contribution < 1.29 is 9.90 Å². The zero-order chi connectivity index (χ0) is 16.4. The quantitative estimate of drug-likeness (QED) is 0.839. The van der Waals surface area contributed by atoms with Gasteiger partial charge in [-0.1, -0.05) is 25.7 Å². The van der Waals surface area contributed by atoms with Gasteiger partial charge in [-0.3, -0.25) is 14.0 Å². The molecule has 1 fully saturated rings. The number of hydrogen-bond donors (Lipinski definition) is 2. The van der Waals surface area contributed by atoms with E-state index in [9.17, 15) is 14.7 Å². The number of aromatic nitrogens is 2. The maximum atomic E-state index is 12.4. The van der Waals surface area contributed by atoms with E-state index in [-0.39, 0.29) is 17.7 Å². The lowest BCUT2D eigenvalue weighted by molar-refractivity contribution is 0.0246. The molecule has 23 heavy (non-hydrogen) atoms. The Bertz CT molecular complexity index is 772. The molecule has 7 heteroatoms. The van der Waals surface area contributed by atoms with E-state index in [4.69, 9.17) is 0 Å². The molecule has 2 aromatic rings. The summed E-state index contributed by atoms with van der Waals surface area (Å²) in [6.07, 6.45) is 6.87. The van der Waals surface area contributed by atoms with Crippen molar-refractivity contribution in [3.8, 4) is 0 Å². The molecule has 0 aliphatic heterocycles. The van der Waals surface area contributed by atoms with Crippen LogP contribution in [0.4, 0.5) is 0 Å². The van der Waals surface area contributed by atoms with Crippen LogP contribution < -0.4 is 10.9 Å². The Hall–Kier alpha value is -1.73. The molecule has 0 radical (unpaired) electrons. The minimum atomic E-state index is -0.863. The molecule has 6 nitrogen and oxygen atoms in total. The Labute approximate surface area is 138 Å². The molecule has 2 N–H and O–H groups in total. The fourth-order valence-electron chi connectivity index (χ4n) is 3.08. The second-order valence-electron chi connectivity index (χ2n) is 6.29. The molecule has 1 aliphatic carbocycles. The predicted molar refractivity (Wildman–Crippen MR) is 89.1 cm³/mol. The summed E-state index contributed by atoms with van der Waals surface area (Å²) in [5, 5.41) is 15.1. The van der Waals surface area contributed by atoms with Gasteiger partial charge in [0.25, 0.3) is 11.5 Å². The number of aliphatic hydroxyl groups is 1. The van der Waals surface area contributed by atoms with Crippen LogP contribution in [0.15, 0.2) is 16.4 Å². The van der Waals surface area contributed by atoms with Gasteiger partial charge in [0.2, 0.25) is 0 Å². The lowest BCUT2D eigenvalue weighted by atomic mass is 9.94. The van der Waals surface area contributed by atoms with Crippen molar-refractivity contribution in [2.24, 2.45) is 0 Å². The van der Waals surface area contributed by atoms with Crippen LogP contribution in [0.2, 0.25) is 0 Å². The first-order valence-electron chi connectivity index (χ1n) is 7.97. The van der Waals surface area contributed by atoms with E-state index in [0.29, 0.717) is 17.8 Å². The first-order chi connectivity index (χ1) is 11.0. The second kappa shape index (κ2) is 6.41. The number of thiazole rings is 1. The van der Waals surface area contributed by atoms with E-state index in [2.05, 4.69) is 10.3 Å². The molecule has 2 aromatic heterocycles. The SMILES string of the molecule is Cc1csc2ncc(C(=O)NCC3(O)CCCCCC3)c(=O)n12. The molecule has 1 saturated carbocycles. The van der Waals surface area contributed by atoms with Gasteiger partial charge in [0.1, 0.15) is 5.56 Å². The Kier molecular flexibility index (Phi) is 4.50. The monoisotopic (exact) mass is 335 g/mol. The van der Waals surface area contributed by atoms with E-state index in [1.54, 1.807) is 0 Å². The number of aryl methyl sites for hydroxylation is 1. The minimum Gasteiger partial charge on any atom is -0.388 e. The number of carbonyl (C=O) groups excluding carboxylic acids is 1. The molecule has 1 amide bonds. The van der Waals surface area contributed by atoms with Crippen LogP contribution in [-0.2, 0) is 0 Å². The van der Waals surface area contributed by atoms with Gasteiger partial charge < -0.3 is 10.4 Å². The van der Waals surface area contributed by atoms with Crippen LogP contribution in [-0.4, -0.2) is 32.5 Å². The molecule has 0 unspecified atom stereocenters. The summed E-state index contributed by atoms with van der Waals surface area (Å²) in [6, 6.07) is 0. The van der Waals surface area contributed by atoms with Crippen LogP contribution in [0, 0.1) is 6.92 Å². The van der Waals surface area contributed by atoms with Crippen molar-refractivity contribution in [1.82, 2.24) is 14.7 Å². The molecule has 2 heterocycles. The summed E-state index contributed by atoms with van der Waals surface area (Å²) in [5.41, 5.74) is -0.446. The molecule has 124 valence electrons. The predicted octanol–water partition coefficient (Wildman–Crippen LogP) is 1.88. The van der Waals surface area contributed by atoms with Gasteiger partial charge in [0, 0.05) is 23.8 Å². The molecule has 0 bridgehead atoms. The number of amides is 1. The second-order valence-corrected chi connectivity index (χ2v) is 7.13. The van der Waals surface area contributed by atoms with Gasteiger partial charge in [-0.05, 0) is 19.8 Å². The number of hydrogen-bond acceptors (Lipinski definition) is 5. The van der Waals surface area contributed by atoms with Crippen LogP contribution in [0.25, 0.3) is 4.96 Å². The van der Waals surface area contributed by atoms with E-state index in [0.717, 1.165) is 31.4 Å². The van der Waals surface area contributed by atoms with Crippen LogP contribution in [0.5, 0.6) is 0 Å². The highest BCUT2D eigenvalue weighted by molar-refractivity contribution is 7.15. The summed E-state index contributed by atoms with van der Waals surface area (Å²) >= 11 is 1.37. The summed E-state index contributed by atoms with van der Waals surface area (Å²) in [4.78, 5) is 29.5. The standard InChI is InChI=1S/C16H21N3O3S/c1-11-9-23-15-17-8-12(14(21)19(11)15)13(20)18-10-16(22)6-4-2-3-5-7-16/h8-9,22H,2-7,10H2,1H3,(H,18,20). The van der Waals surface area contributed by atoms with Crippen molar-refractivity contribution in [1.29, 1.82) is 0 Å². The van der Waals surface area contributed by atoms with Gasteiger partial charge in [-0.15, -0.1) is 11.3 Å².